The van der Waals surface area contributed by atoms with Gasteiger partial charge in [-0.2, -0.15) is 5.10 Å². The van der Waals surface area contributed by atoms with E-state index in [0.717, 1.165) is 49.9 Å². The van der Waals surface area contributed by atoms with Crippen LogP contribution in [0, 0.1) is 5.41 Å². The van der Waals surface area contributed by atoms with Crippen molar-refractivity contribution in [3.63, 3.8) is 0 Å². The van der Waals surface area contributed by atoms with E-state index < -0.39 is 0 Å². The highest BCUT2D eigenvalue weighted by atomic mass is 16.5. The highest BCUT2D eigenvalue weighted by molar-refractivity contribution is 5.95. The van der Waals surface area contributed by atoms with Gasteiger partial charge in [0.15, 0.2) is 0 Å². The number of rotatable bonds is 6. The minimum atomic E-state index is -0.180. The van der Waals surface area contributed by atoms with Crippen LogP contribution in [0.1, 0.15) is 43.6 Å². The molecule has 1 heterocycles. The summed E-state index contributed by atoms with van der Waals surface area (Å²) >= 11 is 0. The molecule has 1 aliphatic rings. The van der Waals surface area contributed by atoms with Crippen molar-refractivity contribution in [3.05, 3.63) is 59.7 Å². The second-order valence-corrected chi connectivity index (χ2v) is 9.02. The van der Waals surface area contributed by atoms with Gasteiger partial charge in [-0.05, 0) is 36.8 Å². The lowest BCUT2D eigenvalue weighted by Crippen LogP contribution is -2.46. The van der Waals surface area contributed by atoms with Crippen molar-refractivity contribution in [2.24, 2.45) is 10.5 Å². The van der Waals surface area contributed by atoms with Crippen molar-refractivity contribution in [1.29, 1.82) is 0 Å². The number of hydrazone groups is 1. The largest absolute Gasteiger partial charge is 0.495 e. The fraction of sp³-hybridized carbons (Fsp3) is 0.440. The molecule has 0 saturated carbocycles. The summed E-state index contributed by atoms with van der Waals surface area (Å²) in [5.74, 6) is 0.743. The SMILES string of the molecule is COc1ccccc1N1CCN(Cc2ccc(C(=O)N/N=C(\C)C(C)(C)C)cc2)CC1. The Bertz CT molecular complexity index is 908. The van der Waals surface area contributed by atoms with Gasteiger partial charge in [0, 0.05) is 49.4 Å². The lowest BCUT2D eigenvalue weighted by atomic mass is 9.91. The van der Waals surface area contributed by atoms with Crippen molar-refractivity contribution in [2.75, 3.05) is 38.2 Å². The molecule has 0 spiro atoms. The quantitative estimate of drug-likeness (QED) is 0.561. The number of carbonyl (C=O) groups excluding carboxylic acids is 1. The van der Waals surface area contributed by atoms with Crippen LogP contribution in [0.2, 0.25) is 0 Å². The van der Waals surface area contributed by atoms with E-state index in [1.165, 1.54) is 5.56 Å². The molecule has 6 nitrogen and oxygen atoms in total. The number of methoxy groups -OCH3 is 1. The van der Waals surface area contributed by atoms with Gasteiger partial charge in [-0.25, -0.2) is 5.43 Å². The van der Waals surface area contributed by atoms with E-state index in [0.29, 0.717) is 5.56 Å². The Morgan fingerprint density at radius 1 is 1.03 bits per heavy atom. The summed E-state index contributed by atoms with van der Waals surface area (Å²) in [5, 5.41) is 4.23. The number of anilines is 1. The maximum Gasteiger partial charge on any atom is 0.271 e. The topological polar surface area (TPSA) is 57.2 Å². The molecule has 31 heavy (non-hydrogen) atoms. The summed E-state index contributed by atoms with van der Waals surface area (Å²) in [4.78, 5) is 17.2. The molecule has 3 rings (SSSR count). The Hall–Kier alpha value is -2.86. The number of ether oxygens (including phenoxy) is 1. The first-order valence-electron chi connectivity index (χ1n) is 10.8. The van der Waals surface area contributed by atoms with Crippen LogP contribution < -0.4 is 15.1 Å². The Morgan fingerprint density at radius 2 is 1.68 bits per heavy atom. The third kappa shape index (κ3) is 6.07. The van der Waals surface area contributed by atoms with Crippen molar-refractivity contribution in [1.82, 2.24) is 10.3 Å². The van der Waals surface area contributed by atoms with Crippen molar-refractivity contribution in [2.45, 2.75) is 34.2 Å². The molecule has 2 aromatic rings. The molecule has 0 aliphatic carbocycles. The second kappa shape index (κ2) is 9.96. The van der Waals surface area contributed by atoms with E-state index in [1.807, 2.05) is 43.3 Å². The predicted molar refractivity (Wildman–Crippen MR) is 127 cm³/mol. The number of para-hydroxylation sites is 2. The summed E-state index contributed by atoms with van der Waals surface area (Å²) < 4.78 is 5.50. The van der Waals surface area contributed by atoms with Crippen LogP contribution in [0.15, 0.2) is 53.6 Å². The van der Waals surface area contributed by atoms with E-state index in [2.05, 4.69) is 53.2 Å². The van der Waals surface area contributed by atoms with E-state index in [4.69, 9.17) is 4.74 Å². The maximum absolute atomic E-state index is 12.4. The molecule has 1 aliphatic heterocycles. The molecule has 1 amide bonds. The summed E-state index contributed by atoms with van der Waals surface area (Å²) in [6, 6.07) is 16.0. The fourth-order valence-corrected chi connectivity index (χ4v) is 3.42. The first-order chi connectivity index (χ1) is 14.8. The molecule has 0 atom stereocenters. The third-order valence-electron chi connectivity index (χ3n) is 5.83. The van der Waals surface area contributed by atoms with Gasteiger partial charge in [0.1, 0.15) is 5.75 Å². The number of piperazine rings is 1. The van der Waals surface area contributed by atoms with Crippen LogP contribution in [0.4, 0.5) is 5.69 Å². The number of hydrogen-bond acceptors (Lipinski definition) is 5. The van der Waals surface area contributed by atoms with Crippen LogP contribution in [0.3, 0.4) is 0 Å². The molecule has 2 aromatic carbocycles. The van der Waals surface area contributed by atoms with Crippen LogP contribution in [0.25, 0.3) is 0 Å². The summed E-state index contributed by atoms with van der Waals surface area (Å²) in [6.07, 6.45) is 0. The van der Waals surface area contributed by atoms with Gasteiger partial charge in [-0.3, -0.25) is 9.69 Å². The molecule has 0 bridgehead atoms. The average Bonchev–Trinajstić information content (AvgIpc) is 2.77. The molecule has 0 unspecified atom stereocenters. The van der Waals surface area contributed by atoms with Gasteiger partial charge in [0.05, 0.1) is 12.8 Å². The molecule has 0 radical (unpaired) electrons. The zero-order valence-corrected chi connectivity index (χ0v) is 19.3. The van der Waals surface area contributed by atoms with Crippen LogP contribution in [0.5, 0.6) is 5.75 Å². The van der Waals surface area contributed by atoms with Gasteiger partial charge in [0.25, 0.3) is 5.91 Å². The third-order valence-corrected chi connectivity index (χ3v) is 5.83. The number of amides is 1. The standard InChI is InChI=1S/C25H34N4O2/c1-19(25(2,3)4)26-27-24(30)21-12-10-20(11-13-21)18-28-14-16-29(17-15-28)22-8-6-7-9-23(22)31-5/h6-13H,14-18H2,1-5H3,(H,27,30)/b26-19+. The highest BCUT2D eigenvalue weighted by Crippen LogP contribution is 2.28. The van der Waals surface area contributed by atoms with Crippen LogP contribution in [-0.4, -0.2) is 49.8 Å². The predicted octanol–water partition coefficient (Wildman–Crippen LogP) is 4.17. The molecule has 1 fully saturated rings. The number of nitrogens with one attached hydrogen (secondary N) is 1. The van der Waals surface area contributed by atoms with E-state index in [-0.39, 0.29) is 11.3 Å². The first-order valence-corrected chi connectivity index (χ1v) is 10.8. The lowest BCUT2D eigenvalue weighted by Gasteiger charge is -2.36. The Morgan fingerprint density at radius 3 is 2.29 bits per heavy atom. The Balaban J connectivity index is 1.52. The number of nitrogens with zero attached hydrogens (tertiary/aromatic N) is 3. The van der Waals surface area contributed by atoms with Gasteiger partial charge in [-0.15, -0.1) is 0 Å². The lowest BCUT2D eigenvalue weighted by molar-refractivity contribution is 0.0954. The first kappa shape index (κ1) is 22.8. The molecule has 0 aromatic heterocycles. The average molecular weight is 423 g/mol. The molecule has 1 N–H and O–H groups in total. The van der Waals surface area contributed by atoms with Crippen LogP contribution >= 0.6 is 0 Å². The number of hydrogen-bond donors (Lipinski definition) is 1. The van der Waals surface area contributed by atoms with Crippen molar-refractivity contribution >= 4 is 17.3 Å². The fourth-order valence-electron chi connectivity index (χ4n) is 3.42. The van der Waals surface area contributed by atoms with Gasteiger partial charge in [0.2, 0.25) is 0 Å². The summed E-state index contributed by atoms with van der Waals surface area (Å²) in [7, 11) is 1.72. The highest BCUT2D eigenvalue weighted by Gasteiger charge is 2.20. The Kier molecular flexibility index (Phi) is 7.33. The van der Waals surface area contributed by atoms with E-state index >= 15 is 0 Å². The molecular formula is C25H34N4O2. The summed E-state index contributed by atoms with van der Waals surface area (Å²) in [6.45, 7) is 12.9. The monoisotopic (exact) mass is 422 g/mol. The number of benzene rings is 2. The molecule has 1 saturated heterocycles. The molecule has 166 valence electrons. The maximum atomic E-state index is 12.4. The normalized spacial score (nSPS) is 15.6. The van der Waals surface area contributed by atoms with Gasteiger partial charge < -0.3 is 9.64 Å². The van der Waals surface area contributed by atoms with Gasteiger partial charge >= 0.3 is 0 Å². The van der Waals surface area contributed by atoms with Crippen molar-refractivity contribution in [3.8, 4) is 5.75 Å². The zero-order chi connectivity index (χ0) is 22.4. The Labute approximate surface area is 185 Å². The van der Waals surface area contributed by atoms with E-state index in [9.17, 15) is 4.79 Å². The van der Waals surface area contributed by atoms with Crippen LogP contribution in [-0.2, 0) is 6.54 Å². The minimum absolute atomic E-state index is 0.0627. The minimum Gasteiger partial charge on any atom is -0.495 e. The van der Waals surface area contributed by atoms with E-state index in [1.54, 1.807) is 7.11 Å². The molecule has 6 heteroatoms. The second-order valence-electron chi connectivity index (χ2n) is 9.02. The summed E-state index contributed by atoms with van der Waals surface area (Å²) in [5.41, 5.74) is 6.47. The smallest absolute Gasteiger partial charge is 0.271 e. The molecular weight excluding hydrogens is 388 g/mol. The van der Waals surface area contributed by atoms with Gasteiger partial charge in [-0.1, -0.05) is 45.0 Å². The zero-order valence-electron chi connectivity index (χ0n) is 19.3. The van der Waals surface area contributed by atoms with Crippen molar-refractivity contribution < 1.29 is 9.53 Å². The number of carbonyl (C=O) groups is 1.